The molecule has 1 nitrogen and oxygen atoms in total. The first-order valence-corrected chi connectivity index (χ1v) is 4.48. The van der Waals surface area contributed by atoms with Crippen molar-refractivity contribution in [2.75, 3.05) is 0 Å². The monoisotopic (exact) mass is 173 g/mol. The second-order valence-electron chi connectivity index (χ2n) is 3.38. The Morgan fingerprint density at radius 2 is 1.92 bits per heavy atom. The molecule has 1 rings (SSSR count). The van der Waals surface area contributed by atoms with Crippen molar-refractivity contribution in [1.29, 1.82) is 0 Å². The highest BCUT2D eigenvalue weighted by Gasteiger charge is 2.12. The molecule has 0 fully saturated rings. The van der Waals surface area contributed by atoms with Crippen molar-refractivity contribution in [1.82, 2.24) is 0 Å². The van der Waals surface area contributed by atoms with Gasteiger partial charge < -0.3 is 5.73 Å². The van der Waals surface area contributed by atoms with Crippen molar-refractivity contribution in [3.05, 3.63) is 35.4 Å². The third-order valence-corrected chi connectivity index (χ3v) is 2.40. The summed E-state index contributed by atoms with van der Waals surface area (Å²) in [4.78, 5) is 0. The summed E-state index contributed by atoms with van der Waals surface area (Å²) in [6.45, 7) is 4.10. The summed E-state index contributed by atoms with van der Waals surface area (Å²) in [5.41, 5.74) is 7.94. The number of hydrogen-bond donors (Lipinski definition) is 1. The lowest BCUT2D eigenvalue weighted by molar-refractivity contribution is 0.612. The van der Waals surface area contributed by atoms with Crippen molar-refractivity contribution in [3.8, 4) is 12.3 Å². The number of nitrogens with two attached hydrogens (primary N) is 1. The van der Waals surface area contributed by atoms with Gasteiger partial charge in [-0.3, -0.25) is 0 Å². The third kappa shape index (κ3) is 2.11. The van der Waals surface area contributed by atoms with Crippen molar-refractivity contribution in [2.24, 2.45) is 5.73 Å². The van der Waals surface area contributed by atoms with E-state index in [0.717, 1.165) is 5.56 Å². The van der Waals surface area contributed by atoms with Crippen molar-refractivity contribution < 1.29 is 0 Å². The Bertz CT molecular complexity index is 320. The van der Waals surface area contributed by atoms with Crippen molar-refractivity contribution in [2.45, 2.75) is 25.8 Å². The fraction of sp³-hybridized carbons (Fsp3) is 0.333. The van der Waals surface area contributed by atoms with Gasteiger partial charge >= 0.3 is 0 Å². The molecule has 1 unspecified atom stereocenters. The lowest BCUT2D eigenvalue weighted by atomic mass is 9.91. The average Bonchev–Trinajstić information content (AvgIpc) is 2.16. The molecule has 0 aliphatic rings. The van der Waals surface area contributed by atoms with E-state index in [9.17, 15) is 0 Å². The number of terminal acetylenes is 1. The van der Waals surface area contributed by atoms with E-state index < -0.39 is 0 Å². The number of hydrogen-bond acceptors (Lipinski definition) is 1. The molecular weight excluding hydrogens is 158 g/mol. The molecular formula is C12H15N. The van der Waals surface area contributed by atoms with Crippen LogP contribution >= 0.6 is 0 Å². The maximum absolute atomic E-state index is 5.82. The zero-order valence-electron chi connectivity index (χ0n) is 8.12. The van der Waals surface area contributed by atoms with Gasteiger partial charge in [-0.15, -0.1) is 6.42 Å². The minimum absolute atomic E-state index is 0.134. The zero-order valence-corrected chi connectivity index (χ0v) is 8.12. The fourth-order valence-electron chi connectivity index (χ4n) is 1.31. The summed E-state index contributed by atoms with van der Waals surface area (Å²) in [7, 11) is 0. The van der Waals surface area contributed by atoms with E-state index in [1.54, 1.807) is 0 Å². The predicted octanol–water partition coefficient (Wildman–Crippen LogP) is 2.12. The van der Waals surface area contributed by atoms with Crippen LogP contribution in [0.15, 0.2) is 24.3 Å². The first-order chi connectivity index (χ1) is 6.16. The van der Waals surface area contributed by atoms with Gasteiger partial charge in [0.1, 0.15) is 0 Å². The molecule has 1 aromatic rings. The van der Waals surface area contributed by atoms with E-state index >= 15 is 0 Å². The fourth-order valence-corrected chi connectivity index (χ4v) is 1.31. The van der Waals surface area contributed by atoms with Crippen LogP contribution in [0.2, 0.25) is 0 Å². The van der Waals surface area contributed by atoms with Crippen LogP contribution in [-0.2, 0) is 0 Å². The number of rotatable bonds is 2. The highest BCUT2D eigenvalue weighted by molar-refractivity contribution is 5.41. The molecule has 0 saturated heterocycles. The van der Waals surface area contributed by atoms with Gasteiger partial charge in [0.25, 0.3) is 0 Å². The van der Waals surface area contributed by atoms with Crippen LogP contribution in [0.3, 0.4) is 0 Å². The first-order valence-electron chi connectivity index (χ1n) is 4.48. The van der Waals surface area contributed by atoms with Crippen molar-refractivity contribution in [3.63, 3.8) is 0 Å². The molecule has 0 heterocycles. The normalized spacial score (nSPS) is 14.6. The third-order valence-electron chi connectivity index (χ3n) is 2.40. The molecule has 1 aromatic carbocycles. The highest BCUT2D eigenvalue weighted by atomic mass is 14.6. The van der Waals surface area contributed by atoms with Gasteiger partial charge in [0.05, 0.1) is 0 Å². The van der Waals surface area contributed by atoms with Gasteiger partial charge in [0, 0.05) is 11.6 Å². The lowest BCUT2D eigenvalue weighted by Gasteiger charge is -2.17. The summed E-state index contributed by atoms with van der Waals surface area (Å²) in [6.07, 6.45) is 5.40. The van der Waals surface area contributed by atoms with Crippen LogP contribution in [0, 0.1) is 12.3 Å². The Labute approximate surface area is 80.0 Å². The Morgan fingerprint density at radius 3 is 2.46 bits per heavy atom. The summed E-state index contributed by atoms with van der Waals surface area (Å²) in [5, 5.41) is 0. The molecule has 0 amide bonds. The summed E-state index contributed by atoms with van der Waals surface area (Å²) >= 11 is 0. The van der Waals surface area contributed by atoms with Gasteiger partial charge in [-0.1, -0.05) is 31.0 Å². The van der Waals surface area contributed by atoms with E-state index in [2.05, 4.69) is 12.8 Å². The molecule has 0 saturated carbocycles. The number of benzene rings is 1. The summed E-state index contributed by atoms with van der Waals surface area (Å²) in [6, 6.07) is 8.08. The van der Waals surface area contributed by atoms with E-state index in [1.807, 2.05) is 31.2 Å². The Kier molecular flexibility index (Phi) is 3.11. The standard InChI is InChI=1S/C12H15N/c1-4-11-7-5-6-8-12(11)9(2)10(3)13/h1,5-10H,13H2,2-3H3/t9?,10-/m0/s1. The minimum atomic E-state index is 0.134. The highest BCUT2D eigenvalue weighted by Crippen LogP contribution is 2.21. The molecule has 0 radical (unpaired) electrons. The molecule has 1 heteroatoms. The smallest absolute Gasteiger partial charge is 0.0277 e. The van der Waals surface area contributed by atoms with Gasteiger partial charge in [0.2, 0.25) is 0 Å². The molecule has 0 spiro atoms. The molecule has 0 aromatic heterocycles. The molecule has 0 bridgehead atoms. The lowest BCUT2D eigenvalue weighted by Crippen LogP contribution is -2.23. The van der Waals surface area contributed by atoms with E-state index in [-0.39, 0.29) is 6.04 Å². The second-order valence-corrected chi connectivity index (χ2v) is 3.38. The molecule has 2 N–H and O–H groups in total. The average molecular weight is 173 g/mol. The Morgan fingerprint density at radius 1 is 1.31 bits per heavy atom. The van der Waals surface area contributed by atoms with E-state index in [1.165, 1.54) is 5.56 Å². The SMILES string of the molecule is C#Cc1ccccc1C(C)[C@H](C)N. The molecule has 0 aliphatic heterocycles. The zero-order chi connectivity index (χ0) is 9.84. The second kappa shape index (κ2) is 4.11. The van der Waals surface area contributed by atoms with Gasteiger partial charge in [-0.2, -0.15) is 0 Å². The van der Waals surface area contributed by atoms with Crippen LogP contribution in [0.25, 0.3) is 0 Å². The Balaban J connectivity index is 3.07. The van der Waals surface area contributed by atoms with Crippen LogP contribution in [-0.4, -0.2) is 6.04 Å². The van der Waals surface area contributed by atoms with Crippen LogP contribution in [0.4, 0.5) is 0 Å². The van der Waals surface area contributed by atoms with Crippen LogP contribution in [0.5, 0.6) is 0 Å². The topological polar surface area (TPSA) is 26.0 Å². The molecule has 2 atom stereocenters. The quantitative estimate of drug-likeness (QED) is 0.681. The van der Waals surface area contributed by atoms with Gasteiger partial charge in [-0.05, 0) is 24.5 Å². The molecule has 13 heavy (non-hydrogen) atoms. The maximum atomic E-state index is 5.82. The first kappa shape index (κ1) is 9.83. The van der Waals surface area contributed by atoms with E-state index in [4.69, 9.17) is 12.2 Å². The Hall–Kier alpha value is -1.26. The maximum Gasteiger partial charge on any atom is 0.0277 e. The van der Waals surface area contributed by atoms with E-state index in [0.29, 0.717) is 5.92 Å². The minimum Gasteiger partial charge on any atom is -0.327 e. The largest absolute Gasteiger partial charge is 0.327 e. The van der Waals surface area contributed by atoms with Crippen LogP contribution < -0.4 is 5.73 Å². The molecule has 0 aliphatic carbocycles. The predicted molar refractivity (Wildman–Crippen MR) is 56.4 cm³/mol. The van der Waals surface area contributed by atoms with Crippen LogP contribution in [0.1, 0.15) is 30.9 Å². The summed E-state index contributed by atoms with van der Waals surface area (Å²) in [5.74, 6) is 2.99. The molecule has 68 valence electrons. The summed E-state index contributed by atoms with van der Waals surface area (Å²) < 4.78 is 0. The van der Waals surface area contributed by atoms with Gasteiger partial charge in [0.15, 0.2) is 0 Å². The van der Waals surface area contributed by atoms with Gasteiger partial charge in [-0.25, -0.2) is 0 Å². The van der Waals surface area contributed by atoms with Crippen molar-refractivity contribution >= 4 is 0 Å².